The third-order valence-electron chi connectivity index (χ3n) is 1.42. The summed E-state index contributed by atoms with van der Waals surface area (Å²) in [5.74, 6) is -1.68. The van der Waals surface area contributed by atoms with E-state index in [0.29, 0.717) is 0 Å². The Morgan fingerprint density at radius 2 is 2.21 bits per heavy atom. The molecule has 0 aliphatic carbocycles. The Kier molecular flexibility index (Phi) is 3.34. The molecule has 0 aliphatic heterocycles. The highest BCUT2D eigenvalue weighted by Crippen LogP contribution is 2.36. The molecule has 0 saturated carbocycles. The van der Waals surface area contributed by atoms with Gasteiger partial charge in [-0.05, 0) is 28.1 Å². The van der Waals surface area contributed by atoms with Gasteiger partial charge in [-0.1, -0.05) is 0 Å². The van der Waals surface area contributed by atoms with Crippen molar-refractivity contribution in [2.24, 2.45) is 0 Å². The molecule has 14 heavy (non-hydrogen) atoms. The van der Waals surface area contributed by atoms with Crippen LogP contribution in [0.2, 0.25) is 0 Å². The molecule has 0 saturated heterocycles. The van der Waals surface area contributed by atoms with E-state index < -0.39 is 29.0 Å². The van der Waals surface area contributed by atoms with Gasteiger partial charge in [0.25, 0.3) is 0 Å². The predicted octanol–water partition coefficient (Wildman–Crippen LogP) is 2.80. The number of nitrogens with zero attached hydrogens (tertiary/aromatic N) is 1. The number of alkyl halides is 1. The largest absolute Gasteiger partial charge is 0.453 e. The normalized spacial score (nSPS) is 9.93. The first-order valence-electron chi connectivity index (χ1n) is 3.39. The van der Waals surface area contributed by atoms with Gasteiger partial charge in [0.1, 0.15) is 0 Å². The van der Waals surface area contributed by atoms with E-state index in [0.717, 1.165) is 12.1 Å². The van der Waals surface area contributed by atoms with Gasteiger partial charge < -0.3 is 4.74 Å². The summed E-state index contributed by atoms with van der Waals surface area (Å²) in [6, 6.07) is 2.10. The maximum atomic E-state index is 13.0. The lowest BCUT2D eigenvalue weighted by atomic mass is 10.3. The van der Waals surface area contributed by atoms with Crippen LogP contribution in [-0.4, -0.2) is 11.8 Å². The first-order chi connectivity index (χ1) is 6.57. The number of nitro benzene ring substituents is 1. The summed E-state index contributed by atoms with van der Waals surface area (Å²) in [4.78, 5) is 9.63. The highest BCUT2D eigenvalue weighted by Gasteiger charge is 2.23. The summed E-state index contributed by atoms with van der Waals surface area (Å²) in [7, 11) is 0. The van der Waals surface area contributed by atoms with E-state index in [1.807, 2.05) is 0 Å². The highest BCUT2D eigenvalue weighted by molar-refractivity contribution is 9.10. The molecule has 0 amide bonds. The third-order valence-corrected chi connectivity index (χ3v) is 2.06. The summed E-state index contributed by atoms with van der Waals surface area (Å²) in [6.45, 7) is -1.33. The van der Waals surface area contributed by atoms with Crippen LogP contribution in [0.1, 0.15) is 0 Å². The predicted molar refractivity (Wildman–Crippen MR) is 47.4 cm³/mol. The lowest BCUT2D eigenvalue weighted by molar-refractivity contribution is -0.387. The van der Waals surface area contributed by atoms with Crippen molar-refractivity contribution < 1.29 is 18.4 Å². The zero-order chi connectivity index (χ0) is 10.7. The topological polar surface area (TPSA) is 52.4 Å². The van der Waals surface area contributed by atoms with Crippen molar-refractivity contribution in [1.29, 1.82) is 0 Å². The van der Waals surface area contributed by atoms with Crippen LogP contribution in [0, 0.1) is 15.9 Å². The monoisotopic (exact) mass is 267 g/mol. The van der Waals surface area contributed by atoms with E-state index in [4.69, 9.17) is 0 Å². The average molecular weight is 268 g/mol. The molecule has 0 spiro atoms. The van der Waals surface area contributed by atoms with Crippen LogP contribution < -0.4 is 4.74 Å². The van der Waals surface area contributed by atoms with Crippen molar-refractivity contribution in [3.8, 4) is 5.75 Å². The summed E-state index contributed by atoms with van der Waals surface area (Å²) in [5, 5.41) is 10.5. The minimum absolute atomic E-state index is 0.0346. The number of rotatable bonds is 3. The minimum atomic E-state index is -1.33. The Bertz CT molecular complexity index is 372. The summed E-state index contributed by atoms with van der Waals surface area (Å²) in [5.41, 5.74) is -0.623. The molecule has 0 bridgehead atoms. The van der Waals surface area contributed by atoms with E-state index >= 15 is 0 Å². The van der Waals surface area contributed by atoms with E-state index in [2.05, 4.69) is 20.7 Å². The number of ether oxygens (including phenoxy) is 1. The van der Waals surface area contributed by atoms with E-state index in [1.54, 1.807) is 0 Å². The van der Waals surface area contributed by atoms with Crippen LogP contribution in [0.4, 0.5) is 14.5 Å². The SMILES string of the molecule is O=[N+]([O-])c1c(Br)ccc(F)c1OCF. The van der Waals surface area contributed by atoms with Crippen molar-refractivity contribution in [2.75, 3.05) is 6.86 Å². The molecule has 1 aromatic carbocycles. The van der Waals surface area contributed by atoms with Gasteiger partial charge in [-0.15, -0.1) is 0 Å². The molecule has 0 N–H and O–H groups in total. The number of nitro groups is 1. The molecule has 0 heterocycles. The van der Waals surface area contributed by atoms with Gasteiger partial charge in [0, 0.05) is 0 Å². The summed E-state index contributed by atoms with van der Waals surface area (Å²) in [6.07, 6.45) is 0. The first-order valence-corrected chi connectivity index (χ1v) is 4.18. The Labute approximate surface area is 85.8 Å². The molecule has 7 heteroatoms. The summed E-state index contributed by atoms with van der Waals surface area (Å²) < 4.78 is 29.0. The summed E-state index contributed by atoms with van der Waals surface area (Å²) >= 11 is 2.84. The fourth-order valence-electron chi connectivity index (χ4n) is 0.884. The number of benzene rings is 1. The molecule has 0 aromatic heterocycles. The zero-order valence-corrected chi connectivity index (χ0v) is 8.25. The van der Waals surface area contributed by atoms with Gasteiger partial charge in [-0.25, -0.2) is 8.78 Å². The molecule has 0 atom stereocenters. The van der Waals surface area contributed by atoms with Crippen molar-refractivity contribution >= 4 is 21.6 Å². The van der Waals surface area contributed by atoms with Crippen LogP contribution in [0.15, 0.2) is 16.6 Å². The lowest BCUT2D eigenvalue weighted by Crippen LogP contribution is -2.00. The Hall–Kier alpha value is -1.24. The van der Waals surface area contributed by atoms with E-state index in [9.17, 15) is 18.9 Å². The Morgan fingerprint density at radius 1 is 1.57 bits per heavy atom. The van der Waals surface area contributed by atoms with Gasteiger partial charge in [0.2, 0.25) is 12.6 Å². The number of hydrogen-bond donors (Lipinski definition) is 0. The maximum Gasteiger partial charge on any atom is 0.328 e. The van der Waals surface area contributed by atoms with Crippen molar-refractivity contribution in [1.82, 2.24) is 0 Å². The molecule has 1 rings (SSSR count). The van der Waals surface area contributed by atoms with Crippen LogP contribution in [0.3, 0.4) is 0 Å². The van der Waals surface area contributed by atoms with Crippen LogP contribution in [-0.2, 0) is 0 Å². The lowest BCUT2D eigenvalue weighted by Gasteiger charge is -2.04. The highest BCUT2D eigenvalue weighted by atomic mass is 79.9. The molecule has 1 aromatic rings. The van der Waals surface area contributed by atoms with E-state index in [1.165, 1.54) is 0 Å². The van der Waals surface area contributed by atoms with Crippen LogP contribution >= 0.6 is 15.9 Å². The zero-order valence-electron chi connectivity index (χ0n) is 6.67. The second-order valence-electron chi connectivity index (χ2n) is 2.22. The van der Waals surface area contributed by atoms with Gasteiger partial charge >= 0.3 is 5.69 Å². The van der Waals surface area contributed by atoms with Crippen molar-refractivity contribution in [3.63, 3.8) is 0 Å². The molecule has 0 fully saturated rings. The smallest absolute Gasteiger partial charge is 0.328 e. The Morgan fingerprint density at radius 3 is 2.71 bits per heavy atom. The molecule has 4 nitrogen and oxygen atoms in total. The average Bonchev–Trinajstić information content (AvgIpc) is 2.11. The van der Waals surface area contributed by atoms with Crippen molar-refractivity contribution in [3.05, 3.63) is 32.5 Å². The van der Waals surface area contributed by atoms with Gasteiger partial charge in [-0.3, -0.25) is 10.1 Å². The fraction of sp³-hybridized carbons (Fsp3) is 0.143. The Balaban J connectivity index is 3.33. The second kappa shape index (κ2) is 4.32. The first kappa shape index (κ1) is 10.8. The van der Waals surface area contributed by atoms with Gasteiger partial charge in [0.05, 0.1) is 9.40 Å². The quantitative estimate of drug-likeness (QED) is 0.625. The van der Waals surface area contributed by atoms with E-state index in [-0.39, 0.29) is 4.47 Å². The standard InChI is InChI=1S/C7H4BrF2NO3/c8-4-1-2-5(10)7(14-3-9)6(4)11(12)13/h1-2H,3H2. The van der Waals surface area contributed by atoms with Crippen LogP contribution in [0.5, 0.6) is 5.75 Å². The minimum Gasteiger partial charge on any atom is -0.453 e. The molecular formula is C7H4BrF2NO3. The second-order valence-corrected chi connectivity index (χ2v) is 3.07. The van der Waals surface area contributed by atoms with Crippen LogP contribution in [0.25, 0.3) is 0 Å². The molecule has 76 valence electrons. The fourth-order valence-corrected chi connectivity index (χ4v) is 1.34. The van der Waals surface area contributed by atoms with Crippen molar-refractivity contribution in [2.45, 2.75) is 0 Å². The molecule has 0 radical (unpaired) electrons. The van der Waals surface area contributed by atoms with Gasteiger partial charge in [-0.2, -0.15) is 0 Å². The maximum absolute atomic E-state index is 13.0. The molecule has 0 unspecified atom stereocenters. The molecular weight excluding hydrogens is 264 g/mol. The number of halogens is 3. The third kappa shape index (κ3) is 1.98. The number of hydrogen-bond acceptors (Lipinski definition) is 3. The van der Waals surface area contributed by atoms with Gasteiger partial charge in [0.15, 0.2) is 5.82 Å². The molecule has 0 aliphatic rings.